The molecule has 2 aromatic heterocycles. The van der Waals surface area contributed by atoms with E-state index in [4.69, 9.17) is 4.74 Å². The number of likely N-dealkylation sites (tertiary alicyclic amines) is 1. The van der Waals surface area contributed by atoms with E-state index in [2.05, 4.69) is 15.5 Å². The second kappa shape index (κ2) is 12.3. The number of ether oxygens (including phenoxy) is 1. The highest BCUT2D eigenvalue weighted by Crippen LogP contribution is 2.14. The van der Waals surface area contributed by atoms with Crippen LogP contribution in [0, 0.1) is 5.92 Å². The van der Waals surface area contributed by atoms with Gasteiger partial charge in [0.1, 0.15) is 11.4 Å². The molecule has 37 heavy (non-hydrogen) atoms. The molecule has 0 spiro atoms. The first-order valence-corrected chi connectivity index (χ1v) is 12.8. The second-order valence-electron chi connectivity index (χ2n) is 9.72. The van der Waals surface area contributed by atoms with Crippen LogP contribution in [0.1, 0.15) is 50.8 Å². The van der Waals surface area contributed by atoms with E-state index in [0.717, 1.165) is 37.2 Å². The zero-order valence-corrected chi connectivity index (χ0v) is 21.4. The molecule has 4 rings (SSSR count). The largest absolute Gasteiger partial charge is 0.449 e. The van der Waals surface area contributed by atoms with Gasteiger partial charge in [0.2, 0.25) is 11.3 Å². The lowest BCUT2D eigenvalue weighted by atomic mass is 10.1. The summed E-state index contributed by atoms with van der Waals surface area (Å²) in [6.45, 7) is 6.65. The van der Waals surface area contributed by atoms with E-state index in [1.54, 1.807) is 33.9 Å². The first-order chi connectivity index (χ1) is 17.9. The van der Waals surface area contributed by atoms with Crippen molar-refractivity contribution in [1.82, 2.24) is 24.5 Å². The molecule has 0 saturated carbocycles. The lowest BCUT2D eigenvalue weighted by molar-refractivity contribution is -0.130. The average molecular weight is 507 g/mol. The Bertz CT molecular complexity index is 1280. The molecule has 2 amide bonds. The molecule has 1 aliphatic rings. The van der Waals surface area contributed by atoms with Gasteiger partial charge in [-0.2, -0.15) is 10.2 Å². The molecule has 0 radical (unpaired) electrons. The Morgan fingerprint density at radius 3 is 2.76 bits per heavy atom. The minimum Gasteiger partial charge on any atom is -0.449 e. The monoisotopic (exact) mass is 506 g/mol. The number of benzene rings is 1. The van der Waals surface area contributed by atoms with Crippen LogP contribution in [0.15, 0.2) is 53.7 Å². The third-order valence-corrected chi connectivity index (χ3v) is 6.09. The Morgan fingerprint density at radius 1 is 1.16 bits per heavy atom. The van der Waals surface area contributed by atoms with Gasteiger partial charge >= 0.3 is 6.09 Å². The molecule has 1 saturated heterocycles. The number of carbonyl (C=O) groups is 2. The molecule has 3 aromatic rings. The number of aryl methyl sites for hydroxylation is 1. The van der Waals surface area contributed by atoms with E-state index < -0.39 is 6.09 Å². The van der Waals surface area contributed by atoms with Crippen LogP contribution >= 0.6 is 0 Å². The number of nitrogens with zero attached hydrogens (tertiary/aromatic N) is 5. The van der Waals surface area contributed by atoms with E-state index in [0.29, 0.717) is 43.8 Å². The summed E-state index contributed by atoms with van der Waals surface area (Å²) >= 11 is 0. The van der Waals surface area contributed by atoms with Gasteiger partial charge in [-0.1, -0.05) is 26.0 Å². The molecular weight excluding hydrogens is 472 g/mol. The lowest BCUT2D eigenvalue weighted by Crippen LogP contribution is -2.27. The molecule has 10 nitrogen and oxygen atoms in total. The smallest absolute Gasteiger partial charge is 0.411 e. The highest BCUT2D eigenvalue weighted by atomic mass is 16.5. The summed E-state index contributed by atoms with van der Waals surface area (Å²) in [7, 11) is 0. The fourth-order valence-electron chi connectivity index (χ4n) is 4.17. The van der Waals surface area contributed by atoms with Crippen LogP contribution < -0.4 is 10.7 Å². The Kier molecular flexibility index (Phi) is 8.71. The van der Waals surface area contributed by atoms with Gasteiger partial charge in [0.05, 0.1) is 19.0 Å². The SMILES string of the molecule is CC(C)COC(=O)Nc1cccc(Cc2nn(-c3cnn(CCCC(=O)N4CCCC4)c3)ccc2=O)c1. The standard InChI is InChI=1S/C27H34N6O4/c1-20(2)19-37-27(36)29-22-8-5-7-21(15-22)16-24-25(34)10-14-33(30-24)23-17-28-32(18-23)13-6-9-26(35)31-11-3-4-12-31/h5,7-8,10,14-15,17-18,20H,3-4,6,9,11-13,16,19H2,1-2H3,(H,29,36). The number of hydrogen-bond donors (Lipinski definition) is 1. The van der Waals surface area contributed by atoms with Crippen molar-refractivity contribution in [2.45, 2.75) is 52.5 Å². The molecule has 1 fully saturated rings. The van der Waals surface area contributed by atoms with Crippen LogP contribution in [0.2, 0.25) is 0 Å². The number of rotatable bonds is 10. The number of nitrogens with one attached hydrogen (secondary N) is 1. The normalized spacial score (nSPS) is 13.2. The summed E-state index contributed by atoms with van der Waals surface area (Å²) < 4.78 is 8.59. The van der Waals surface area contributed by atoms with Gasteiger partial charge < -0.3 is 9.64 Å². The second-order valence-corrected chi connectivity index (χ2v) is 9.72. The minimum atomic E-state index is -0.511. The van der Waals surface area contributed by atoms with Crippen molar-refractivity contribution in [2.24, 2.45) is 5.92 Å². The quantitative estimate of drug-likeness (QED) is 0.450. The average Bonchev–Trinajstić information content (AvgIpc) is 3.57. The van der Waals surface area contributed by atoms with Gasteiger partial charge in [0.15, 0.2) is 0 Å². The molecule has 1 N–H and O–H groups in total. The summed E-state index contributed by atoms with van der Waals surface area (Å²) in [5.74, 6) is 0.461. The zero-order chi connectivity index (χ0) is 26.2. The Hall–Kier alpha value is -3.95. The van der Waals surface area contributed by atoms with Gasteiger partial charge in [-0.3, -0.25) is 19.6 Å². The molecule has 0 bridgehead atoms. The van der Waals surface area contributed by atoms with Crippen LogP contribution in [0.3, 0.4) is 0 Å². The van der Waals surface area contributed by atoms with Crippen molar-refractivity contribution in [2.75, 3.05) is 25.0 Å². The van der Waals surface area contributed by atoms with Gasteiger partial charge in [0.25, 0.3) is 0 Å². The molecule has 0 atom stereocenters. The van der Waals surface area contributed by atoms with E-state index in [1.165, 1.54) is 6.07 Å². The summed E-state index contributed by atoms with van der Waals surface area (Å²) in [4.78, 5) is 38.7. The summed E-state index contributed by atoms with van der Waals surface area (Å²) in [5.41, 5.74) is 2.37. The highest BCUT2D eigenvalue weighted by Gasteiger charge is 2.17. The van der Waals surface area contributed by atoms with Crippen LogP contribution in [0.5, 0.6) is 0 Å². The van der Waals surface area contributed by atoms with Crippen LogP contribution in [-0.2, 0) is 22.5 Å². The van der Waals surface area contributed by atoms with Crippen molar-refractivity contribution < 1.29 is 14.3 Å². The minimum absolute atomic E-state index is 0.168. The van der Waals surface area contributed by atoms with Gasteiger partial charge in [-0.05, 0) is 42.9 Å². The maximum atomic E-state index is 12.5. The van der Waals surface area contributed by atoms with Crippen LogP contribution in [0.25, 0.3) is 5.69 Å². The third-order valence-electron chi connectivity index (χ3n) is 6.09. The molecular formula is C27H34N6O4. The molecule has 0 unspecified atom stereocenters. The number of anilines is 1. The number of hydrogen-bond acceptors (Lipinski definition) is 6. The third kappa shape index (κ3) is 7.52. The van der Waals surface area contributed by atoms with Crippen LogP contribution in [-0.4, -0.2) is 56.2 Å². The van der Waals surface area contributed by atoms with Crippen molar-refractivity contribution in [3.63, 3.8) is 0 Å². The van der Waals surface area contributed by atoms with E-state index in [9.17, 15) is 14.4 Å². The van der Waals surface area contributed by atoms with E-state index in [1.807, 2.05) is 37.1 Å². The topological polar surface area (TPSA) is 111 Å². The molecule has 196 valence electrons. The number of amides is 2. The molecule has 1 aliphatic heterocycles. The first kappa shape index (κ1) is 26.1. The van der Waals surface area contributed by atoms with Crippen molar-refractivity contribution in [3.8, 4) is 5.69 Å². The zero-order valence-electron chi connectivity index (χ0n) is 21.4. The maximum absolute atomic E-state index is 12.5. The van der Waals surface area contributed by atoms with Gasteiger partial charge in [-0.25, -0.2) is 9.48 Å². The van der Waals surface area contributed by atoms with E-state index in [-0.39, 0.29) is 17.3 Å². The van der Waals surface area contributed by atoms with E-state index >= 15 is 0 Å². The Morgan fingerprint density at radius 2 is 1.97 bits per heavy atom. The number of carbonyl (C=O) groups excluding carboxylic acids is 2. The maximum Gasteiger partial charge on any atom is 0.411 e. The van der Waals surface area contributed by atoms with Crippen LogP contribution in [0.4, 0.5) is 10.5 Å². The highest BCUT2D eigenvalue weighted by molar-refractivity contribution is 5.84. The summed E-state index contributed by atoms with van der Waals surface area (Å²) in [6.07, 6.45) is 8.38. The van der Waals surface area contributed by atoms with Crippen molar-refractivity contribution >= 4 is 17.7 Å². The predicted octanol–water partition coefficient (Wildman–Crippen LogP) is 3.63. The summed E-state index contributed by atoms with van der Waals surface area (Å²) in [5, 5.41) is 11.6. The Balaban J connectivity index is 1.37. The Labute approximate surface area is 216 Å². The fraction of sp³-hybridized carbons (Fsp3) is 0.444. The predicted molar refractivity (Wildman–Crippen MR) is 140 cm³/mol. The van der Waals surface area contributed by atoms with Gasteiger partial charge in [0, 0.05) is 50.4 Å². The lowest BCUT2D eigenvalue weighted by Gasteiger charge is -2.14. The fourth-order valence-corrected chi connectivity index (χ4v) is 4.17. The van der Waals surface area contributed by atoms with Crippen molar-refractivity contribution in [3.05, 3.63) is 70.4 Å². The van der Waals surface area contributed by atoms with Crippen molar-refractivity contribution in [1.29, 1.82) is 0 Å². The molecule has 3 heterocycles. The van der Waals surface area contributed by atoms with Gasteiger partial charge in [-0.15, -0.1) is 0 Å². The molecule has 0 aliphatic carbocycles. The number of aromatic nitrogens is 4. The molecule has 10 heteroatoms. The molecule has 1 aromatic carbocycles. The first-order valence-electron chi connectivity index (χ1n) is 12.8. The summed E-state index contributed by atoms with van der Waals surface area (Å²) in [6, 6.07) is 8.75.